The number of hydrogen-bond donors (Lipinski definition) is 1. The smallest absolute Gasteiger partial charge is 0.351 e. The van der Waals surface area contributed by atoms with Crippen molar-refractivity contribution in [3.8, 4) is 6.07 Å². The number of benzene rings is 1. The molecule has 0 aliphatic heterocycles. The van der Waals surface area contributed by atoms with Crippen molar-refractivity contribution in [2.75, 3.05) is 18.7 Å². The van der Waals surface area contributed by atoms with E-state index in [1.807, 2.05) is 36.4 Å². The lowest BCUT2D eigenvalue weighted by atomic mass is 10.3. The van der Waals surface area contributed by atoms with E-state index in [0.29, 0.717) is 5.03 Å². The molecule has 0 amide bonds. The topological polar surface area (TPSA) is 62.1 Å². The molecule has 17 heavy (non-hydrogen) atoms. The third kappa shape index (κ3) is 3.54. The molecule has 0 radical (unpaired) electrons. The summed E-state index contributed by atoms with van der Waals surface area (Å²) in [4.78, 5) is 11.4. The van der Waals surface area contributed by atoms with Gasteiger partial charge < -0.3 is 10.1 Å². The van der Waals surface area contributed by atoms with Crippen LogP contribution in [0.2, 0.25) is 0 Å². The number of nitrogens with zero attached hydrogens (tertiary/aromatic N) is 1. The third-order valence-corrected chi connectivity index (χ3v) is 2.68. The van der Waals surface area contributed by atoms with Gasteiger partial charge in [-0.2, -0.15) is 5.26 Å². The number of rotatable bonds is 4. The highest BCUT2D eigenvalue weighted by Crippen LogP contribution is 2.20. The summed E-state index contributed by atoms with van der Waals surface area (Å²) < 4.78 is 4.55. The van der Waals surface area contributed by atoms with Gasteiger partial charge in [-0.3, -0.25) is 0 Å². The first-order valence-corrected chi connectivity index (χ1v) is 6.04. The number of carbonyl (C=O) groups is 1. The zero-order valence-electron chi connectivity index (χ0n) is 9.56. The van der Waals surface area contributed by atoms with Crippen LogP contribution in [0.5, 0.6) is 0 Å². The molecule has 0 saturated heterocycles. The van der Waals surface area contributed by atoms with Crippen molar-refractivity contribution in [1.29, 1.82) is 5.26 Å². The Morgan fingerprint density at radius 1 is 1.41 bits per heavy atom. The molecule has 0 heterocycles. The predicted octanol–water partition coefficient (Wildman–Crippen LogP) is 2.37. The second kappa shape index (κ2) is 6.61. The second-order valence-corrected chi connectivity index (χ2v) is 3.82. The fourth-order valence-electron chi connectivity index (χ4n) is 1.16. The fraction of sp³-hybridized carbons (Fsp3) is 0.167. The number of esters is 1. The van der Waals surface area contributed by atoms with Crippen LogP contribution in [-0.2, 0) is 9.53 Å². The number of para-hydroxylation sites is 1. The standard InChI is InChI=1S/C12H12N2O2S/c1-16-12(15)10(8-13)11(17-2)14-9-6-4-3-5-7-9/h3-7,14H,1-2H3. The SMILES string of the molecule is COC(=O)C(C#N)=C(Nc1ccccc1)SC. The fourth-order valence-corrected chi connectivity index (χ4v) is 1.71. The lowest BCUT2D eigenvalue weighted by molar-refractivity contribution is -0.135. The van der Waals surface area contributed by atoms with Crippen molar-refractivity contribution >= 4 is 23.4 Å². The van der Waals surface area contributed by atoms with Crippen molar-refractivity contribution in [2.24, 2.45) is 0 Å². The van der Waals surface area contributed by atoms with E-state index in [4.69, 9.17) is 5.26 Å². The molecule has 0 bridgehead atoms. The Morgan fingerprint density at radius 2 is 2.06 bits per heavy atom. The van der Waals surface area contributed by atoms with Gasteiger partial charge in [0.25, 0.3) is 0 Å². The highest BCUT2D eigenvalue weighted by Gasteiger charge is 2.15. The van der Waals surface area contributed by atoms with Crippen LogP contribution in [0.25, 0.3) is 0 Å². The number of ether oxygens (including phenoxy) is 1. The molecule has 4 nitrogen and oxygen atoms in total. The molecule has 0 atom stereocenters. The number of anilines is 1. The van der Waals surface area contributed by atoms with E-state index < -0.39 is 5.97 Å². The van der Waals surface area contributed by atoms with Gasteiger partial charge in [-0.25, -0.2) is 4.79 Å². The zero-order valence-corrected chi connectivity index (χ0v) is 10.4. The van der Waals surface area contributed by atoms with Crippen molar-refractivity contribution in [2.45, 2.75) is 0 Å². The first kappa shape index (κ1) is 13.1. The zero-order chi connectivity index (χ0) is 12.7. The Balaban J connectivity index is 3.02. The molecule has 1 aromatic rings. The molecule has 1 N–H and O–H groups in total. The summed E-state index contributed by atoms with van der Waals surface area (Å²) in [5.41, 5.74) is 0.789. The van der Waals surface area contributed by atoms with E-state index in [1.54, 1.807) is 6.26 Å². The summed E-state index contributed by atoms with van der Waals surface area (Å²) in [6.07, 6.45) is 1.78. The van der Waals surface area contributed by atoms with Gasteiger partial charge in [0.2, 0.25) is 0 Å². The van der Waals surface area contributed by atoms with Crippen LogP contribution < -0.4 is 5.32 Å². The van der Waals surface area contributed by atoms with E-state index in [1.165, 1.54) is 18.9 Å². The molecule has 0 aliphatic rings. The van der Waals surface area contributed by atoms with E-state index in [2.05, 4.69) is 10.1 Å². The van der Waals surface area contributed by atoms with Gasteiger partial charge in [-0.15, -0.1) is 11.8 Å². The molecule has 0 unspecified atom stereocenters. The molecular formula is C12H12N2O2S. The Morgan fingerprint density at radius 3 is 2.53 bits per heavy atom. The minimum Gasteiger partial charge on any atom is -0.465 e. The molecule has 0 fully saturated rings. The summed E-state index contributed by atoms with van der Waals surface area (Å²) >= 11 is 1.29. The molecule has 0 aromatic heterocycles. The Bertz CT molecular complexity index is 463. The first-order valence-electron chi connectivity index (χ1n) is 4.81. The lowest BCUT2D eigenvalue weighted by Gasteiger charge is -2.09. The molecule has 1 aromatic carbocycles. The van der Waals surface area contributed by atoms with Gasteiger partial charge in [0.05, 0.1) is 12.1 Å². The van der Waals surface area contributed by atoms with Crippen LogP contribution in [-0.4, -0.2) is 19.3 Å². The quantitative estimate of drug-likeness (QED) is 0.503. The molecular weight excluding hydrogens is 236 g/mol. The average Bonchev–Trinajstić information content (AvgIpc) is 2.39. The summed E-state index contributed by atoms with van der Waals surface area (Å²) in [7, 11) is 1.25. The summed E-state index contributed by atoms with van der Waals surface area (Å²) in [6, 6.07) is 11.2. The van der Waals surface area contributed by atoms with Gasteiger partial charge >= 0.3 is 5.97 Å². The molecule has 0 spiro atoms. The van der Waals surface area contributed by atoms with Crippen molar-refractivity contribution in [1.82, 2.24) is 0 Å². The number of hydrogen-bond acceptors (Lipinski definition) is 5. The normalized spacial score (nSPS) is 11.1. The average molecular weight is 248 g/mol. The van der Waals surface area contributed by atoms with Crippen molar-refractivity contribution in [3.05, 3.63) is 40.9 Å². The minimum atomic E-state index is -0.639. The van der Waals surface area contributed by atoms with Gasteiger partial charge in [-0.1, -0.05) is 18.2 Å². The van der Waals surface area contributed by atoms with Crippen molar-refractivity contribution in [3.63, 3.8) is 0 Å². The largest absolute Gasteiger partial charge is 0.465 e. The van der Waals surface area contributed by atoms with Crippen LogP contribution in [0.4, 0.5) is 5.69 Å². The summed E-state index contributed by atoms with van der Waals surface area (Å²) in [5.74, 6) is -0.639. The molecule has 5 heteroatoms. The third-order valence-electron chi connectivity index (χ3n) is 1.96. The Hall–Kier alpha value is -1.93. The Labute approximate surface area is 104 Å². The van der Waals surface area contributed by atoms with E-state index >= 15 is 0 Å². The van der Waals surface area contributed by atoms with Crippen LogP contribution in [0, 0.1) is 11.3 Å². The number of carbonyl (C=O) groups excluding carboxylic acids is 1. The van der Waals surface area contributed by atoms with Crippen LogP contribution in [0.15, 0.2) is 40.9 Å². The second-order valence-electron chi connectivity index (χ2n) is 3.00. The summed E-state index contributed by atoms with van der Waals surface area (Å²) in [5, 5.41) is 12.4. The lowest BCUT2D eigenvalue weighted by Crippen LogP contribution is -2.09. The highest BCUT2D eigenvalue weighted by atomic mass is 32.2. The predicted molar refractivity (Wildman–Crippen MR) is 68.2 cm³/mol. The van der Waals surface area contributed by atoms with Gasteiger partial charge in [0.15, 0.2) is 5.57 Å². The molecule has 0 saturated carbocycles. The maximum absolute atomic E-state index is 11.4. The highest BCUT2D eigenvalue weighted by molar-refractivity contribution is 8.02. The number of nitriles is 1. The summed E-state index contributed by atoms with van der Waals surface area (Å²) in [6.45, 7) is 0. The van der Waals surface area contributed by atoms with Crippen LogP contribution in [0.3, 0.4) is 0 Å². The molecule has 88 valence electrons. The van der Waals surface area contributed by atoms with Crippen LogP contribution in [0.1, 0.15) is 0 Å². The van der Waals surface area contributed by atoms with Gasteiger partial charge in [-0.05, 0) is 18.4 Å². The van der Waals surface area contributed by atoms with Gasteiger partial charge in [0, 0.05) is 5.69 Å². The number of nitrogens with one attached hydrogen (secondary N) is 1. The minimum absolute atomic E-state index is 0.0242. The van der Waals surface area contributed by atoms with E-state index in [-0.39, 0.29) is 5.57 Å². The first-order chi connectivity index (χ1) is 8.22. The molecule has 1 rings (SSSR count). The van der Waals surface area contributed by atoms with E-state index in [9.17, 15) is 4.79 Å². The maximum Gasteiger partial charge on any atom is 0.351 e. The van der Waals surface area contributed by atoms with Gasteiger partial charge in [0.1, 0.15) is 6.07 Å². The molecule has 0 aliphatic carbocycles. The number of methoxy groups -OCH3 is 1. The monoisotopic (exact) mass is 248 g/mol. The van der Waals surface area contributed by atoms with Crippen LogP contribution >= 0.6 is 11.8 Å². The maximum atomic E-state index is 11.4. The van der Waals surface area contributed by atoms with Crippen molar-refractivity contribution < 1.29 is 9.53 Å². The Kier molecular flexibility index (Phi) is 5.11. The van der Waals surface area contributed by atoms with E-state index in [0.717, 1.165) is 5.69 Å². The number of thioether (sulfide) groups is 1.